The van der Waals surface area contributed by atoms with E-state index in [9.17, 15) is 9.59 Å². The van der Waals surface area contributed by atoms with Crippen molar-refractivity contribution in [3.63, 3.8) is 0 Å². The van der Waals surface area contributed by atoms with Gasteiger partial charge in [-0.3, -0.25) is 19.1 Å². The third kappa shape index (κ3) is 2.87. The Hall–Kier alpha value is -4.33. The number of aryl methyl sites for hydroxylation is 1. The molecule has 0 aliphatic carbocycles. The molecule has 0 spiro atoms. The lowest BCUT2D eigenvalue weighted by Gasteiger charge is -2.22. The number of aromatic nitrogens is 3. The maximum absolute atomic E-state index is 13.9. The van der Waals surface area contributed by atoms with E-state index in [2.05, 4.69) is 9.97 Å². The van der Waals surface area contributed by atoms with Gasteiger partial charge in [-0.1, -0.05) is 30.3 Å². The molecule has 0 saturated carbocycles. The number of carbonyl (C=O) groups is 1. The topological polar surface area (TPSA) is 106 Å². The molecule has 0 fully saturated rings. The summed E-state index contributed by atoms with van der Waals surface area (Å²) in [6, 6.07) is 15.1. The first-order valence-electron chi connectivity index (χ1n) is 10.7. The van der Waals surface area contributed by atoms with Crippen molar-refractivity contribution >= 4 is 33.9 Å². The number of pyridine rings is 1. The maximum atomic E-state index is 13.9. The normalized spacial score (nSPS) is 17.1. The number of benzene rings is 2. The maximum Gasteiger partial charge on any atom is 0.272 e. The fourth-order valence-corrected chi connectivity index (χ4v) is 4.80. The standard InChI is InChI=1S/C25H20N6O2/c1-14-28-20-13-27-9-7-18(20)24(32)31(14)23-25(33)30-10-8-16-11-17(26)12-19(22(16)30)21(29-23)15-5-3-2-4-6-15/h2-7,9,11-13,23H,8,10,26H2,1H3/t23-/m0/s1. The van der Waals surface area contributed by atoms with Crippen LogP contribution in [0.2, 0.25) is 0 Å². The van der Waals surface area contributed by atoms with Crippen molar-refractivity contribution in [2.24, 2.45) is 4.99 Å². The van der Waals surface area contributed by atoms with E-state index in [0.29, 0.717) is 41.1 Å². The first-order valence-corrected chi connectivity index (χ1v) is 10.7. The molecule has 0 unspecified atom stereocenters. The van der Waals surface area contributed by atoms with Gasteiger partial charge in [-0.2, -0.15) is 0 Å². The minimum absolute atomic E-state index is 0.258. The van der Waals surface area contributed by atoms with Gasteiger partial charge in [0.05, 0.1) is 28.5 Å². The number of fused-ring (bicyclic) bond motifs is 1. The van der Waals surface area contributed by atoms with Crippen molar-refractivity contribution in [3.05, 3.63) is 93.8 Å². The molecule has 1 atom stereocenters. The van der Waals surface area contributed by atoms with E-state index in [-0.39, 0.29) is 11.5 Å². The third-order valence-corrected chi connectivity index (χ3v) is 6.25. The van der Waals surface area contributed by atoms with Crippen LogP contribution >= 0.6 is 0 Å². The quantitative estimate of drug-likeness (QED) is 0.486. The summed E-state index contributed by atoms with van der Waals surface area (Å²) in [6.45, 7) is 2.22. The molecule has 6 rings (SSSR count). The lowest BCUT2D eigenvalue weighted by molar-refractivity contribution is -0.121. The number of nitrogen functional groups attached to an aromatic ring is 1. The van der Waals surface area contributed by atoms with E-state index >= 15 is 0 Å². The molecular weight excluding hydrogens is 416 g/mol. The monoisotopic (exact) mass is 436 g/mol. The average molecular weight is 436 g/mol. The SMILES string of the molecule is Cc1nc2cnccc2c(=O)n1[C@@H]1N=C(c2ccccc2)c2cc(N)cc3c2N(CC3)C1=O. The zero-order valence-electron chi connectivity index (χ0n) is 17.9. The van der Waals surface area contributed by atoms with Crippen LogP contribution < -0.4 is 16.2 Å². The van der Waals surface area contributed by atoms with E-state index in [4.69, 9.17) is 10.7 Å². The van der Waals surface area contributed by atoms with E-state index in [1.807, 2.05) is 42.5 Å². The number of hydrogen-bond donors (Lipinski definition) is 1. The van der Waals surface area contributed by atoms with Gasteiger partial charge in [-0.05, 0) is 37.1 Å². The number of nitrogens with two attached hydrogens (primary N) is 1. The molecule has 2 aromatic carbocycles. The second-order valence-electron chi connectivity index (χ2n) is 8.26. The molecule has 2 aliphatic heterocycles. The first kappa shape index (κ1) is 19.4. The van der Waals surface area contributed by atoms with Crippen molar-refractivity contribution in [1.29, 1.82) is 0 Å². The Morgan fingerprint density at radius 1 is 1.09 bits per heavy atom. The van der Waals surface area contributed by atoms with Crippen molar-refractivity contribution in [2.75, 3.05) is 17.2 Å². The molecule has 2 N–H and O–H groups in total. The van der Waals surface area contributed by atoms with Crippen LogP contribution in [0.25, 0.3) is 10.9 Å². The fourth-order valence-electron chi connectivity index (χ4n) is 4.80. The van der Waals surface area contributed by atoms with Crippen LogP contribution in [0.15, 0.2) is 70.7 Å². The predicted octanol–water partition coefficient (Wildman–Crippen LogP) is 2.62. The minimum Gasteiger partial charge on any atom is -0.399 e. The summed E-state index contributed by atoms with van der Waals surface area (Å²) in [5.74, 6) is 0.144. The van der Waals surface area contributed by atoms with Crippen molar-refractivity contribution in [1.82, 2.24) is 14.5 Å². The fraction of sp³-hybridized carbons (Fsp3) is 0.160. The molecule has 0 radical (unpaired) electrons. The van der Waals surface area contributed by atoms with Gasteiger partial charge in [-0.15, -0.1) is 0 Å². The number of carbonyl (C=O) groups excluding carboxylic acids is 1. The highest BCUT2D eigenvalue weighted by Crippen LogP contribution is 2.39. The van der Waals surface area contributed by atoms with Gasteiger partial charge in [0, 0.05) is 29.6 Å². The van der Waals surface area contributed by atoms with E-state index in [1.165, 1.54) is 4.57 Å². The Labute approximate surface area is 189 Å². The first-order chi connectivity index (χ1) is 16.0. The summed E-state index contributed by atoms with van der Waals surface area (Å²) in [6.07, 6.45) is 2.71. The largest absolute Gasteiger partial charge is 0.399 e. The Bertz CT molecular complexity index is 1540. The Morgan fingerprint density at radius 2 is 1.91 bits per heavy atom. The van der Waals surface area contributed by atoms with Gasteiger partial charge in [0.15, 0.2) is 0 Å². The Morgan fingerprint density at radius 3 is 2.73 bits per heavy atom. The van der Waals surface area contributed by atoms with Crippen LogP contribution in [-0.4, -0.2) is 32.7 Å². The van der Waals surface area contributed by atoms with Gasteiger partial charge in [-0.25, -0.2) is 9.98 Å². The van der Waals surface area contributed by atoms with E-state index in [0.717, 1.165) is 22.4 Å². The zero-order valence-corrected chi connectivity index (χ0v) is 17.9. The second kappa shape index (κ2) is 7.09. The van der Waals surface area contributed by atoms with Gasteiger partial charge in [0.2, 0.25) is 6.17 Å². The lowest BCUT2D eigenvalue weighted by atomic mass is 9.97. The van der Waals surface area contributed by atoms with Gasteiger partial charge in [0.25, 0.3) is 11.5 Å². The third-order valence-electron chi connectivity index (χ3n) is 6.25. The molecule has 4 heterocycles. The predicted molar refractivity (Wildman–Crippen MR) is 127 cm³/mol. The van der Waals surface area contributed by atoms with E-state index in [1.54, 1.807) is 30.3 Å². The molecule has 0 bridgehead atoms. The molecule has 162 valence electrons. The highest BCUT2D eigenvalue weighted by molar-refractivity contribution is 6.21. The number of rotatable bonds is 2. The number of hydrogen-bond acceptors (Lipinski definition) is 6. The van der Waals surface area contributed by atoms with Crippen LogP contribution in [0.4, 0.5) is 11.4 Å². The van der Waals surface area contributed by atoms with Gasteiger partial charge < -0.3 is 10.6 Å². The molecule has 33 heavy (non-hydrogen) atoms. The highest BCUT2D eigenvalue weighted by Gasteiger charge is 2.38. The Kier molecular flexibility index (Phi) is 4.16. The summed E-state index contributed by atoms with van der Waals surface area (Å²) in [7, 11) is 0. The minimum atomic E-state index is -1.09. The summed E-state index contributed by atoms with van der Waals surface area (Å²) in [5, 5.41) is 0.396. The van der Waals surface area contributed by atoms with Gasteiger partial charge in [0.1, 0.15) is 5.82 Å². The zero-order chi connectivity index (χ0) is 22.7. The molecule has 0 saturated heterocycles. The smallest absolute Gasteiger partial charge is 0.272 e. The van der Waals surface area contributed by atoms with E-state index < -0.39 is 6.17 Å². The van der Waals surface area contributed by atoms with Crippen LogP contribution in [0.3, 0.4) is 0 Å². The summed E-state index contributed by atoms with van der Waals surface area (Å²) >= 11 is 0. The average Bonchev–Trinajstić information content (AvgIpc) is 3.20. The molecule has 4 aromatic rings. The summed E-state index contributed by atoms with van der Waals surface area (Å²) in [4.78, 5) is 42.6. The number of aliphatic imine (C=N–C) groups is 1. The molecule has 2 aromatic heterocycles. The molecular formula is C25H20N6O2. The number of nitrogens with zero attached hydrogens (tertiary/aromatic N) is 5. The molecule has 8 heteroatoms. The lowest BCUT2D eigenvalue weighted by Crippen LogP contribution is -2.39. The molecule has 1 amide bonds. The summed E-state index contributed by atoms with van der Waals surface area (Å²) < 4.78 is 1.39. The van der Waals surface area contributed by atoms with Crippen LogP contribution in [-0.2, 0) is 11.2 Å². The molecule has 2 aliphatic rings. The number of amides is 1. The highest BCUT2D eigenvalue weighted by atomic mass is 16.2. The van der Waals surface area contributed by atoms with Crippen LogP contribution in [0.5, 0.6) is 0 Å². The van der Waals surface area contributed by atoms with Crippen LogP contribution in [0, 0.1) is 6.92 Å². The van der Waals surface area contributed by atoms with Crippen LogP contribution in [0.1, 0.15) is 28.7 Å². The van der Waals surface area contributed by atoms with Crippen molar-refractivity contribution < 1.29 is 4.79 Å². The second-order valence-corrected chi connectivity index (χ2v) is 8.26. The Balaban J connectivity index is 1.67. The summed E-state index contributed by atoms with van der Waals surface area (Å²) in [5.41, 5.74) is 11.1. The number of anilines is 2. The molecule has 8 nitrogen and oxygen atoms in total. The van der Waals surface area contributed by atoms with Gasteiger partial charge >= 0.3 is 0 Å². The van der Waals surface area contributed by atoms with Crippen molar-refractivity contribution in [3.8, 4) is 0 Å². The van der Waals surface area contributed by atoms with Crippen molar-refractivity contribution in [2.45, 2.75) is 19.5 Å².